The Kier molecular flexibility index (Phi) is 3.72. The molecule has 1 heterocycles. The third-order valence-electron chi connectivity index (χ3n) is 2.63. The average molecular weight is 326 g/mol. The zero-order valence-corrected chi connectivity index (χ0v) is 10.8. The van der Waals surface area contributed by atoms with Crippen LogP contribution in [0.1, 0.15) is 24.4 Å². The van der Waals surface area contributed by atoms with Gasteiger partial charge < -0.3 is 15.2 Å². The number of benzene rings is 1. The molecule has 0 spiro atoms. The lowest BCUT2D eigenvalue weighted by Gasteiger charge is -2.15. The van der Waals surface area contributed by atoms with Crippen molar-refractivity contribution >= 4 is 15.9 Å². The molecule has 0 radical (unpaired) electrons. The largest absolute Gasteiger partial charge is 0.454 e. The molecule has 3 nitrogen and oxygen atoms in total. The van der Waals surface area contributed by atoms with Crippen molar-refractivity contribution in [1.82, 2.24) is 0 Å². The normalized spacial score (nSPS) is 15.8. The molecule has 2 N–H and O–H groups in total. The first-order valence-electron chi connectivity index (χ1n) is 5.28. The number of ether oxygens (including phenoxy) is 2. The summed E-state index contributed by atoms with van der Waals surface area (Å²) in [5, 5.41) is 0. The molecule has 0 fully saturated rings. The minimum absolute atomic E-state index is 0.114. The summed E-state index contributed by atoms with van der Waals surface area (Å²) in [7, 11) is 0. The predicted octanol–water partition coefficient (Wildman–Crippen LogP) is 3.52. The van der Waals surface area contributed by atoms with E-state index < -0.39 is 18.6 Å². The summed E-state index contributed by atoms with van der Waals surface area (Å²) in [5.41, 5.74) is 6.36. The highest BCUT2D eigenvalue weighted by Gasteiger charge is 2.28. The third kappa shape index (κ3) is 3.08. The van der Waals surface area contributed by atoms with E-state index in [0.717, 1.165) is 0 Å². The molecule has 1 aromatic rings. The maximum Gasteiger partial charge on any atom is 0.389 e. The second-order valence-corrected chi connectivity index (χ2v) is 4.84. The minimum Gasteiger partial charge on any atom is -0.454 e. The molecule has 7 heteroatoms. The lowest BCUT2D eigenvalue weighted by molar-refractivity contribution is -0.136. The van der Waals surface area contributed by atoms with Crippen LogP contribution in [-0.4, -0.2) is 13.0 Å². The molecule has 1 aliphatic heterocycles. The lowest BCUT2D eigenvalue weighted by atomic mass is 10.0. The Bertz CT molecular complexity index is 451. The number of rotatable bonds is 3. The zero-order chi connectivity index (χ0) is 13.3. The van der Waals surface area contributed by atoms with Gasteiger partial charge in [-0.3, -0.25) is 0 Å². The van der Waals surface area contributed by atoms with Crippen molar-refractivity contribution < 1.29 is 22.6 Å². The van der Waals surface area contributed by atoms with Crippen molar-refractivity contribution in [1.29, 1.82) is 0 Å². The molecule has 0 aliphatic carbocycles. The molecule has 1 aromatic carbocycles. The fourth-order valence-electron chi connectivity index (χ4n) is 1.69. The Morgan fingerprint density at radius 1 is 1.28 bits per heavy atom. The van der Waals surface area contributed by atoms with Crippen molar-refractivity contribution in [3.05, 3.63) is 22.2 Å². The molecule has 0 aromatic heterocycles. The molecule has 1 atom stereocenters. The van der Waals surface area contributed by atoms with Crippen LogP contribution in [-0.2, 0) is 0 Å². The molecule has 0 amide bonds. The first-order valence-corrected chi connectivity index (χ1v) is 6.07. The summed E-state index contributed by atoms with van der Waals surface area (Å²) in [6.07, 6.45) is -5.27. The van der Waals surface area contributed by atoms with Gasteiger partial charge in [0, 0.05) is 16.9 Å². The van der Waals surface area contributed by atoms with Gasteiger partial charge in [0.05, 0.1) is 0 Å². The number of fused-ring (bicyclic) bond motifs is 1. The summed E-state index contributed by atoms with van der Waals surface area (Å²) >= 11 is 3.27. The van der Waals surface area contributed by atoms with Gasteiger partial charge in [-0.1, -0.05) is 15.9 Å². The maximum atomic E-state index is 12.1. The highest BCUT2D eigenvalue weighted by Crippen LogP contribution is 2.39. The van der Waals surface area contributed by atoms with E-state index in [1.807, 2.05) is 0 Å². The van der Waals surface area contributed by atoms with Crippen LogP contribution < -0.4 is 15.2 Å². The van der Waals surface area contributed by atoms with Gasteiger partial charge in [0.1, 0.15) is 0 Å². The van der Waals surface area contributed by atoms with Gasteiger partial charge in [-0.25, -0.2) is 0 Å². The minimum atomic E-state index is -4.19. The maximum absolute atomic E-state index is 12.1. The molecule has 18 heavy (non-hydrogen) atoms. The molecule has 0 bridgehead atoms. The number of hydrogen-bond donors (Lipinski definition) is 1. The molecule has 0 unspecified atom stereocenters. The van der Waals surface area contributed by atoms with Gasteiger partial charge in [0.2, 0.25) is 6.79 Å². The van der Waals surface area contributed by atoms with Crippen molar-refractivity contribution in [3.63, 3.8) is 0 Å². The molecular weight excluding hydrogens is 315 g/mol. The monoisotopic (exact) mass is 325 g/mol. The Morgan fingerprint density at radius 3 is 2.50 bits per heavy atom. The fraction of sp³-hybridized carbons (Fsp3) is 0.455. The van der Waals surface area contributed by atoms with E-state index in [9.17, 15) is 13.2 Å². The van der Waals surface area contributed by atoms with E-state index >= 15 is 0 Å². The van der Waals surface area contributed by atoms with Crippen molar-refractivity contribution in [2.24, 2.45) is 5.73 Å². The van der Waals surface area contributed by atoms with Crippen LogP contribution in [0.15, 0.2) is 16.6 Å². The van der Waals surface area contributed by atoms with Gasteiger partial charge in [0.25, 0.3) is 0 Å². The summed E-state index contributed by atoms with van der Waals surface area (Å²) in [6.45, 7) is 0.114. The van der Waals surface area contributed by atoms with Crippen LogP contribution in [0.2, 0.25) is 0 Å². The van der Waals surface area contributed by atoms with E-state index in [1.165, 1.54) is 0 Å². The first kappa shape index (κ1) is 13.5. The van der Waals surface area contributed by atoms with Crippen molar-refractivity contribution in [3.8, 4) is 11.5 Å². The molecule has 0 saturated heterocycles. The van der Waals surface area contributed by atoms with Gasteiger partial charge >= 0.3 is 6.18 Å². The third-order valence-corrected chi connectivity index (χ3v) is 3.32. The summed E-state index contributed by atoms with van der Waals surface area (Å²) in [6, 6.07) is 2.58. The van der Waals surface area contributed by atoms with E-state index in [1.54, 1.807) is 12.1 Å². The number of halogens is 4. The molecule has 2 rings (SSSR count). The lowest BCUT2D eigenvalue weighted by Crippen LogP contribution is -2.16. The zero-order valence-electron chi connectivity index (χ0n) is 9.26. The summed E-state index contributed by atoms with van der Waals surface area (Å²) in [4.78, 5) is 0. The van der Waals surface area contributed by atoms with E-state index in [2.05, 4.69) is 15.9 Å². The Morgan fingerprint density at radius 2 is 1.89 bits per heavy atom. The number of hydrogen-bond acceptors (Lipinski definition) is 3. The molecule has 100 valence electrons. The molecule has 0 saturated carbocycles. The van der Waals surface area contributed by atoms with Crippen LogP contribution in [0.3, 0.4) is 0 Å². The van der Waals surface area contributed by atoms with Crippen LogP contribution in [0.25, 0.3) is 0 Å². The van der Waals surface area contributed by atoms with Crippen molar-refractivity contribution in [2.75, 3.05) is 6.79 Å². The van der Waals surface area contributed by atoms with Crippen molar-refractivity contribution in [2.45, 2.75) is 25.1 Å². The molecular formula is C11H11BrF3NO2. The smallest absolute Gasteiger partial charge is 0.389 e. The summed E-state index contributed by atoms with van der Waals surface area (Å²) < 4.78 is 47.4. The SMILES string of the molecule is N[C@H](CCC(F)(F)F)c1cc2c(cc1Br)OCO2. The Hall–Kier alpha value is -0.950. The van der Waals surface area contributed by atoms with Crippen LogP contribution in [0.5, 0.6) is 11.5 Å². The van der Waals surface area contributed by atoms with Crippen LogP contribution >= 0.6 is 15.9 Å². The van der Waals surface area contributed by atoms with E-state index in [-0.39, 0.29) is 13.2 Å². The van der Waals surface area contributed by atoms with Gasteiger partial charge in [-0.05, 0) is 24.1 Å². The Labute approximate surface area is 110 Å². The average Bonchev–Trinajstić information content (AvgIpc) is 2.70. The number of nitrogens with two attached hydrogens (primary N) is 1. The van der Waals surface area contributed by atoms with Crippen LogP contribution in [0.4, 0.5) is 13.2 Å². The standard InChI is InChI=1S/C11H11BrF3NO2/c12-7-4-10-9(17-5-18-10)3-6(7)8(16)1-2-11(13,14)15/h3-4,8H,1-2,5,16H2/t8-/m1/s1. The highest BCUT2D eigenvalue weighted by atomic mass is 79.9. The topological polar surface area (TPSA) is 44.5 Å². The second kappa shape index (κ2) is 4.97. The Balaban J connectivity index is 2.13. The quantitative estimate of drug-likeness (QED) is 0.924. The van der Waals surface area contributed by atoms with E-state index in [4.69, 9.17) is 15.2 Å². The predicted molar refractivity (Wildman–Crippen MR) is 62.5 cm³/mol. The van der Waals surface area contributed by atoms with Gasteiger partial charge in [-0.15, -0.1) is 0 Å². The van der Waals surface area contributed by atoms with Crippen LogP contribution in [0, 0.1) is 0 Å². The second-order valence-electron chi connectivity index (χ2n) is 3.99. The molecule has 1 aliphatic rings. The van der Waals surface area contributed by atoms with Gasteiger partial charge in [-0.2, -0.15) is 13.2 Å². The fourth-order valence-corrected chi connectivity index (χ4v) is 2.31. The first-order chi connectivity index (χ1) is 8.37. The number of alkyl halides is 3. The van der Waals surface area contributed by atoms with E-state index in [0.29, 0.717) is 21.5 Å². The summed E-state index contributed by atoms with van der Waals surface area (Å²) in [5.74, 6) is 1.07. The van der Waals surface area contributed by atoms with Gasteiger partial charge in [0.15, 0.2) is 11.5 Å². The highest BCUT2D eigenvalue weighted by molar-refractivity contribution is 9.10.